The lowest BCUT2D eigenvalue weighted by atomic mass is 9.97. The Balaban J connectivity index is 1.82. The molecule has 0 bridgehead atoms. The Labute approximate surface area is 133 Å². The van der Waals surface area contributed by atoms with Crippen molar-refractivity contribution >= 4 is 0 Å². The van der Waals surface area contributed by atoms with E-state index >= 15 is 0 Å². The van der Waals surface area contributed by atoms with Crippen LogP contribution < -0.4 is 0 Å². The minimum absolute atomic E-state index is 0.241. The van der Waals surface area contributed by atoms with Crippen LogP contribution in [0.4, 0.5) is 0 Å². The third-order valence-electron chi connectivity index (χ3n) is 4.36. The average Bonchev–Trinajstić information content (AvgIpc) is 3.32. The predicted octanol–water partition coefficient (Wildman–Crippen LogP) is 5.20. The number of unbranched alkanes of at least 4 members (excludes halogenated alkanes) is 1. The van der Waals surface area contributed by atoms with Gasteiger partial charge in [0.05, 0.1) is 6.04 Å². The molecular weight excluding hydrogens is 270 g/mol. The summed E-state index contributed by atoms with van der Waals surface area (Å²) in [5, 5.41) is 2.14. The molecule has 0 radical (unpaired) electrons. The molecule has 1 fully saturated rings. The van der Waals surface area contributed by atoms with Crippen LogP contribution in [0.2, 0.25) is 0 Å². The zero-order valence-corrected chi connectivity index (χ0v) is 13.1. The van der Waals surface area contributed by atoms with Gasteiger partial charge in [0, 0.05) is 5.56 Å². The van der Waals surface area contributed by atoms with Crippen molar-refractivity contribution in [3.05, 3.63) is 84.4 Å². The SMILES string of the molecule is C=CCCC[C@]1(c2ccccc2)ON1[C@@H](C)c1ccccc1. The summed E-state index contributed by atoms with van der Waals surface area (Å²) in [7, 11) is 0. The molecule has 2 aromatic rings. The maximum absolute atomic E-state index is 6.15. The summed E-state index contributed by atoms with van der Waals surface area (Å²) in [5.41, 5.74) is 2.24. The summed E-state index contributed by atoms with van der Waals surface area (Å²) >= 11 is 0. The monoisotopic (exact) mass is 293 g/mol. The average molecular weight is 293 g/mol. The van der Waals surface area contributed by atoms with Gasteiger partial charge in [0.1, 0.15) is 0 Å². The van der Waals surface area contributed by atoms with Crippen LogP contribution in [0.3, 0.4) is 0 Å². The van der Waals surface area contributed by atoms with E-state index in [1.54, 1.807) is 0 Å². The maximum Gasteiger partial charge on any atom is 0.190 e. The highest BCUT2D eigenvalue weighted by molar-refractivity contribution is 5.27. The minimum atomic E-state index is -0.278. The van der Waals surface area contributed by atoms with E-state index in [4.69, 9.17) is 4.84 Å². The lowest BCUT2D eigenvalue weighted by Crippen LogP contribution is -2.19. The molecule has 1 unspecified atom stereocenters. The van der Waals surface area contributed by atoms with E-state index in [-0.39, 0.29) is 11.8 Å². The molecule has 3 atom stereocenters. The van der Waals surface area contributed by atoms with E-state index in [1.165, 1.54) is 11.1 Å². The van der Waals surface area contributed by atoms with Gasteiger partial charge in [-0.25, -0.2) is 0 Å². The number of hydrogen-bond acceptors (Lipinski definition) is 2. The number of benzene rings is 2. The van der Waals surface area contributed by atoms with E-state index in [0.717, 1.165) is 19.3 Å². The van der Waals surface area contributed by atoms with Gasteiger partial charge in [-0.1, -0.05) is 66.7 Å². The van der Waals surface area contributed by atoms with Crippen LogP contribution >= 0.6 is 0 Å². The fraction of sp³-hybridized carbons (Fsp3) is 0.300. The van der Waals surface area contributed by atoms with Crippen LogP contribution in [0.1, 0.15) is 43.4 Å². The van der Waals surface area contributed by atoms with Gasteiger partial charge < -0.3 is 0 Å². The summed E-state index contributed by atoms with van der Waals surface area (Å²) in [6.07, 6.45) is 5.06. The normalized spacial score (nSPS) is 24.7. The molecule has 2 aromatic carbocycles. The first-order chi connectivity index (χ1) is 10.8. The number of nitrogens with zero attached hydrogens (tertiary/aromatic N) is 1. The van der Waals surface area contributed by atoms with Crippen LogP contribution in [0.25, 0.3) is 0 Å². The van der Waals surface area contributed by atoms with Gasteiger partial charge in [-0.2, -0.15) is 0 Å². The topological polar surface area (TPSA) is 15.5 Å². The van der Waals surface area contributed by atoms with Crippen LogP contribution in [0.15, 0.2) is 73.3 Å². The van der Waals surface area contributed by atoms with Gasteiger partial charge in [0.25, 0.3) is 0 Å². The highest BCUT2D eigenvalue weighted by Crippen LogP contribution is 2.53. The minimum Gasteiger partial charge on any atom is -0.266 e. The van der Waals surface area contributed by atoms with E-state index in [0.29, 0.717) is 0 Å². The van der Waals surface area contributed by atoms with Crippen molar-refractivity contribution < 1.29 is 4.84 Å². The fourth-order valence-electron chi connectivity index (χ4n) is 3.07. The van der Waals surface area contributed by atoms with Gasteiger partial charge >= 0.3 is 0 Å². The summed E-state index contributed by atoms with van der Waals surface area (Å²) in [6.45, 7) is 6.02. The lowest BCUT2D eigenvalue weighted by Gasteiger charge is -2.17. The van der Waals surface area contributed by atoms with Crippen molar-refractivity contribution in [2.75, 3.05) is 0 Å². The largest absolute Gasteiger partial charge is 0.266 e. The number of rotatable bonds is 7. The Bertz CT molecular complexity index is 610. The summed E-state index contributed by atoms with van der Waals surface area (Å²) in [6, 6.07) is 21.3. The second-order valence-electron chi connectivity index (χ2n) is 5.84. The fourth-order valence-corrected chi connectivity index (χ4v) is 3.07. The van der Waals surface area contributed by atoms with Crippen molar-refractivity contribution in [1.82, 2.24) is 5.06 Å². The van der Waals surface area contributed by atoms with Gasteiger partial charge in [0.15, 0.2) is 5.72 Å². The van der Waals surface area contributed by atoms with Crippen molar-refractivity contribution in [1.29, 1.82) is 0 Å². The smallest absolute Gasteiger partial charge is 0.190 e. The second-order valence-corrected chi connectivity index (χ2v) is 5.84. The Morgan fingerprint density at radius 2 is 1.73 bits per heavy atom. The summed E-state index contributed by atoms with van der Waals surface area (Å²) in [4.78, 5) is 6.15. The third kappa shape index (κ3) is 2.85. The Morgan fingerprint density at radius 3 is 2.36 bits per heavy atom. The van der Waals surface area contributed by atoms with Crippen LogP contribution in [0.5, 0.6) is 0 Å². The first-order valence-electron chi connectivity index (χ1n) is 7.98. The van der Waals surface area contributed by atoms with Crippen molar-refractivity contribution in [2.45, 2.75) is 38.0 Å². The molecule has 0 aromatic heterocycles. The quantitative estimate of drug-likeness (QED) is 0.396. The Hall–Kier alpha value is -1.90. The van der Waals surface area contributed by atoms with E-state index in [9.17, 15) is 0 Å². The highest BCUT2D eigenvalue weighted by atomic mass is 16.9. The Morgan fingerprint density at radius 1 is 1.09 bits per heavy atom. The van der Waals surface area contributed by atoms with Crippen molar-refractivity contribution in [2.24, 2.45) is 0 Å². The van der Waals surface area contributed by atoms with E-state index < -0.39 is 0 Å². The molecule has 1 heterocycles. The molecule has 2 nitrogen and oxygen atoms in total. The van der Waals surface area contributed by atoms with E-state index in [1.807, 2.05) is 18.2 Å². The zero-order chi connectivity index (χ0) is 15.4. The predicted molar refractivity (Wildman–Crippen MR) is 89.9 cm³/mol. The lowest BCUT2D eigenvalue weighted by molar-refractivity contribution is 0.153. The standard InChI is InChI=1S/C20H23NO/c1-3-4-11-16-20(19-14-9-6-10-15-19)21(22-20)17(2)18-12-7-5-8-13-18/h3,5-10,12-15,17H,1,4,11,16H2,2H3/t17-,20+,21?/m0/s1. The summed E-state index contributed by atoms with van der Waals surface area (Å²) < 4.78 is 0. The van der Waals surface area contributed by atoms with Gasteiger partial charge in [-0.05, 0) is 31.7 Å². The highest BCUT2D eigenvalue weighted by Gasteiger charge is 2.58. The molecular formula is C20H23NO. The molecule has 3 rings (SSSR count). The zero-order valence-electron chi connectivity index (χ0n) is 13.1. The van der Waals surface area contributed by atoms with Crippen molar-refractivity contribution in [3.8, 4) is 0 Å². The Kier molecular flexibility index (Phi) is 4.41. The second kappa shape index (κ2) is 6.47. The molecule has 1 aliphatic rings. The van der Waals surface area contributed by atoms with Gasteiger partial charge in [0.2, 0.25) is 0 Å². The molecule has 22 heavy (non-hydrogen) atoms. The molecule has 0 saturated carbocycles. The molecule has 0 aliphatic carbocycles. The van der Waals surface area contributed by atoms with Gasteiger partial charge in [-0.15, -0.1) is 11.6 Å². The number of hydrogen-bond donors (Lipinski definition) is 0. The van der Waals surface area contributed by atoms with Crippen LogP contribution in [-0.4, -0.2) is 5.06 Å². The van der Waals surface area contributed by atoms with E-state index in [2.05, 4.69) is 67.1 Å². The first-order valence-corrected chi connectivity index (χ1v) is 7.98. The van der Waals surface area contributed by atoms with Crippen LogP contribution in [0, 0.1) is 0 Å². The molecule has 1 saturated heterocycles. The molecule has 0 spiro atoms. The molecule has 0 N–H and O–H groups in total. The maximum atomic E-state index is 6.15. The summed E-state index contributed by atoms with van der Waals surface area (Å²) in [5.74, 6) is 0. The molecule has 1 aliphatic heterocycles. The molecule has 114 valence electrons. The van der Waals surface area contributed by atoms with Crippen molar-refractivity contribution in [3.63, 3.8) is 0 Å². The molecule has 0 amide bonds. The number of allylic oxidation sites excluding steroid dienone is 1. The third-order valence-corrected chi connectivity index (χ3v) is 4.36. The van der Waals surface area contributed by atoms with Crippen LogP contribution in [-0.2, 0) is 10.6 Å². The first kappa shape index (κ1) is 15.0. The number of hydroxylamine groups is 2. The molecule has 2 heteroatoms. The van der Waals surface area contributed by atoms with Gasteiger partial charge in [-0.3, -0.25) is 4.84 Å².